The highest BCUT2D eigenvalue weighted by Gasteiger charge is 2.09. The van der Waals surface area contributed by atoms with E-state index in [1.165, 1.54) is 23.5 Å². The second-order valence-electron chi connectivity index (χ2n) is 4.88. The molecule has 0 aliphatic heterocycles. The largest absolute Gasteiger partial charge is 0.331 e. The van der Waals surface area contributed by atoms with Crippen molar-refractivity contribution < 1.29 is 4.92 Å². The van der Waals surface area contributed by atoms with E-state index >= 15 is 0 Å². The Morgan fingerprint density at radius 3 is 2.65 bits per heavy atom. The number of aromatic nitrogens is 1. The molecule has 7 heteroatoms. The van der Waals surface area contributed by atoms with Gasteiger partial charge in [0.25, 0.3) is 5.69 Å². The quantitative estimate of drug-likeness (QED) is 0.506. The van der Waals surface area contributed by atoms with Crippen LogP contribution in [0.1, 0.15) is 5.56 Å². The minimum Gasteiger partial charge on any atom is -0.331 e. The van der Waals surface area contributed by atoms with Crippen LogP contribution in [-0.2, 0) is 0 Å². The van der Waals surface area contributed by atoms with Crippen molar-refractivity contribution in [1.82, 2.24) is 4.98 Å². The van der Waals surface area contributed by atoms with Crippen LogP contribution in [-0.4, -0.2) is 9.91 Å². The molecule has 0 radical (unpaired) electrons. The predicted octanol–water partition coefficient (Wildman–Crippen LogP) is 5.42. The van der Waals surface area contributed by atoms with Crippen LogP contribution in [0.25, 0.3) is 11.3 Å². The second kappa shape index (κ2) is 6.36. The van der Waals surface area contributed by atoms with Crippen LogP contribution in [0.4, 0.5) is 16.5 Å². The lowest BCUT2D eigenvalue weighted by Crippen LogP contribution is -1.93. The maximum absolute atomic E-state index is 10.7. The summed E-state index contributed by atoms with van der Waals surface area (Å²) in [5.74, 6) is 0. The van der Waals surface area contributed by atoms with Gasteiger partial charge in [0.15, 0.2) is 5.13 Å². The van der Waals surface area contributed by atoms with Gasteiger partial charge in [0, 0.05) is 33.8 Å². The van der Waals surface area contributed by atoms with Crippen molar-refractivity contribution in [3.8, 4) is 11.3 Å². The van der Waals surface area contributed by atoms with Gasteiger partial charge in [-0.15, -0.1) is 11.3 Å². The molecule has 5 nitrogen and oxygen atoms in total. The summed E-state index contributed by atoms with van der Waals surface area (Å²) in [4.78, 5) is 14.8. The summed E-state index contributed by atoms with van der Waals surface area (Å²) in [5.41, 5.74) is 3.54. The lowest BCUT2D eigenvalue weighted by atomic mass is 10.1. The van der Waals surface area contributed by atoms with E-state index in [0.717, 1.165) is 27.6 Å². The second-order valence-corrected chi connectivity index (χ2v) is 6.14. The number of halogens is 1. The zero-order valence-electron chi connectivity index (χ0n) is 12.1. The van der Waals surface area contributed by atoms with Crippen LogP contribution in [0.5, 0.6) is 0 Å². The Labute approximate surface area is 141 Å². The number of thiazole rings is 1. The first-order chi connectivity index (χ1) is 11.0. The van der Waals surface area contributed by atoms with Crippen molar-refractivity contribution in [2.45, 2.75) is 6.92 Å². The topological polar surface area (TPSA) is 68.1 Å². The van der Waals surface area contributed by atoms with Gasteiger partial charge >= 0.3 is 0 Å². The maximum Gasteiger partial charge on any atom is 0.269 e. The van der Waals surface area contributed by atoms with Crippen LogP contribution in [0, 0.1) is 17.0 Å². The van der Waals surface area contributed by atoms with Gasteiger partial charge in [-0.2, -0.15) is 0 Å². The van der Waals surface area contributed by atoms with Crippen LogP contribution < -0.4 is 5.32 Å². The summed E-state index contributed by atoms with van der Waals surface area (Å²) in [6.07, 6.45) is 0. The van der Waals surface area contributed by atoms with Crippen molar-refractivity contribution in [1.29, 1.82) is 0 Å². The van der Waals surface area contributed by atoms with Crippen LogP contribution in [0.3, 0.4) is 0 Å². The van der Waals surface area contributed by atoms with Crippen LogP contribution in [0.2, 0.25) is 5.02 Å². The molecule has 23 heavy (non-hydrogen) atoms. The maximum atomic E-state index is 10.7. The fourth-order valence-electron chi connectivity index (χ4n) is 2.08. The average molecular weight is 346 g/mol. The van der Waals surface area contributed by atoms with Gasteiger partial charge < -0.3 is 5.32 Å². The van der Waals surface area contributed by atoms with Crippen molar-refractivity contribution in [3.63, 3.8) is 0 Å². The van der Waals surface area contributed by atoms with E-state index in [9.17, 15) is 10.1 Å². The molecule has 0 amide bonds. The minimum atomic E-state index is -0.417. The van der Waals surface area contributed by atoms with Gasteiger partial charge in [0.1, 0.15) is 0 Å². The lowest BCUT2D eigenvalue weighted by Gasteiger charge is -2.07. The lowest BCUT2D eigenvalue weighted by molar-refractivity contribution is -0.384. The Balaban J connectivity index is 1.83. The van der Waals surface area contributed by atoms with Crippen molar-refractivity contribution >= 4 is 39.4 Å². The monoisotopic (exact) mass is 345 g/mol. The Morgan fingerprint density at radius 2 is 1.96 bits per heavy atom. The van der Waals surface area contributed by atoms with E-state index in [-0.39, 0.29) is 5.69 Å². The van der Waals surface area contributed by atoms with E-state index in [1.807, 2.05) is 30.5 Å². The molecule has 0 saturated carbocycles. The normalized spacial score (nSPS) is 10.5. The number of nitro groups is 1. The first-order valence-corrected chi connectivity index (χ1v) is 8.03. The number of nitrogens with zero attached hydrogens (tertiary/aromatic N) is 2. The molecule has 1 N–H and O–H groups in total. The molecule has 0 aliphatic carbocycles. The zero-order chi connectivity index (χ0) is 16.4. The number of anilines is 2. The number of benzene rings is 2. The molecule has 116 valence electrons. The summed E-state index contributed by atoms with van der Waals surface area (Å²) >= 11 is 7.57. The number of rotatable bonds is 4. The zero-order valence-corrected chi connectivity index (χ0v) is 13.7. The van der Waals surface area contributed by atoms with E-state index in [0.29, 0.717) is 5.02 Å². The molecule has 0 fully saturated rings. The molecule has 0 saturated heterocycles. The Kier molecular flexibility index (Phi) is 4.27. The highest BCUT2D eigenvalue weighted by atomic mass is 35.5. The van der Waals surface area contributed by atoms with Crippen LogP contribution in [0.15, 0.2) is 47.8 Å². The molecule has 3 rings (SSSR count). The third-order valence-electron chi connectivity index (χ3n) is 3.39. The number of hydrogen-bond acceptors (Lipinski definition) is 5. The Morgan fingerprint density at radius 1 is 1.22 bits per heavy atom. The van der Waals surface area contributed by atoms with E-state index in [4.69, 9.17) is 11.6 Å². The Bertz CT molecular complexity index is 862. The molecular weight excluding hydrogens is 334 g/mol. The standard InChI is InChI=1S/C16H12ClN3O2S/c1-10-13(17)3-2-4-14(10)18-16-19-15(9-23-16)11-5-7-12(8-6-11)20(21)22/h2-9H,1H3,(H,18,19). The SMILES string of the molecule is Cc1c(Cl)cccc1Nc1nc(-c2ccc([N+](=O)[O-])cc2)cs1. The first-order valence-electron chi connectivity index (χ1n) is 6.77. The van der Waals surface area contributed by atoms with Gasteiger partial charge in [-0.05, 0) is 36.8 Å². The highest BCUT2D eigenvalue weighted by Crippen LogP contribution is 2.30. The summed E-state index contributed by atoms with van der Waals surface area (Å²) in [7, 11) is 0. The third kappa shape index (κ3) is 3.33. The molecule has 0 bridgehead atoms. The third-order valence-corrected chi connectivity index (χ3v) is 4.55. The molecule has 1 aromatic heterocycles. The van der Waals surface area contributed by atoms with Gasteiger partial charge in [-0.3, -0.25) is 10.1 Å². The molecule has 0 aliphatic rings. The van der Waals surface area contributed by atoms with Gasteiger partial charge in [-0.1, -0.05) is 17.7 Å². The van der Waals surface area contributed by atoms with Gasteiger partial charge in [0.2, 0.25) is 0 Å². The number of nitro benzene ring substituents is 1. The van der Waals surface area contributed by atoms with Crippen molar-refractivity contribution in [3.05, 3.63) is 68.5 Å². The molecular formula is C16H12ClN3O2S. The van der Waals surface area contributed by atoms with Crippen molar-refractivity contribution in [2.24, 2.45) is 0 Å². The molecule has 0 unspecified atom stereocenters. The van der Waals surface area contributed by atoms with E-state index in [2.05, 4.69) is 10.3 Å². The highest BCUT2D eigenvalue weighted by molar-refractivity contribution is 7.14. The molecule has 2 aromatic carbocycles. The molecule has 0 spiro atoms. The Hall–Kier alpha value is -2.44. The van der Waals surface area contributed by atoms with E-state index < -0.39 is 4.92 Å². The average Bonchev–Trinajstić information content (AvgIpc) is 3.00. The summed E-state index contributed by atoms with van der Waals surface area (Å²) in [5, 5.41) is 17.3. The first kappa shape index (κ1) is 15.5. The predicted molar refractivity (Wildman–Crippen MR) is 93.7 cm³/mol. The fourth-order valence-corrected chi connectivity index (χ4v) is 2.98. The van der Waals surface area contributed by atoms with Crippen molar-refractivity contribution in [2.75, 3.05) is 5.32 Å². The number of nitrogens with one attached hydrogen (secondary N) is 1. The molecule has 3 aromatic rings. The number of hydrogen-bond donors (Lipinski definition) is 1. The summed E-state index contributed by atoms with van der Waals surface area (Å²) in [6, 6.07) is 12.0. The smallest absolute Gasteiger partial charge is 0.269 e. The minimum absolute atomic E-state index is 0.0666. The summed E-state index contributed by atoms with van der Waals surface area (Å²) in [6.45, 7) is 1.94. The van der Waals surface area contributed by atoms with Gasteiger partial charge in [-0.25, -0.2) is 4.98 Å². The fraction of sp³-hybridized carbons (Fsp3) is 0.0625. The van der Waals surface area contributed by atoms with E-state index in [1.54, 1.807) is 12.1 Å². The van der Waals surface area contributed by atoms with Gasteiger partial charge in [0.05, 0.1) is 10.6 Å². The summed E-state index contributed by atoms with van der Waals surface area (Å²) < 4.78 is 0. The van der Waals surface area contributed by atoms with Crippen LogP contribution >= 0.6 is 22.9 Å². The molecule has 0 atom stereocenters. The number of non-ortho nitro benzene ring substituents is 1. The molecule has 1 heterocycles.